The standard InChI is InChI=1S/C49H36N2O/c1-33-14-11-23-41-48-46(24-13-25-47(48)52-49(33)41)50(39-22-12-19-36(30-39)34-15-5-2-6-16-34)40-27-29-45-43(32-40)42-31-37(35-17-7-3-8-18-35)26-28-44(42)51(45)38-20-9-4-10-21-38/h2-13,15-33H,14H2,1H3. The van der Waals surface area contributed by atoms with Crippen LogP contribution >= 0.6 is 0 Å². The molecule has 0 N–H and O–H groups in total. The Hall–Kier alpha value is -6.58. The summed E-state index contributed by atoms with van der Waals surface area (Å²) < 4.78 is 9.00. The molecule has 3 nitrogen and oxygen atoms in total. The third-order valence-corrected chi connectivity index (χ3v) is 10.6. The maximum absolute atomic E-state index is 6.61. The Morgan fingerprint density at radius 2 is 1.17 bits per heavy atom. The number of fused-ring (bicyclic) bond motifs is 6. The van der Waals surface area contributed by atoms with Crippen molar-refractivity contribution in [2.75, 3.05) is 4.90 Å². The number of benzene rings is 7. The molecule has 7 aromatic carbocycles. The molecule has 0 radical (unpaired) electrons. The second kappa shape index (κ2) is 12.3. The van der Waals surface area contributed by atoms with Gasteiger partial charge in [-0.15, -0.1) is 0 Å². The highest BCUT2D eigenvalue weighted by molar-refractivity contribution is 6.12. The lowest BCUT2D eigenvalue weighted by atomic mass is 9.93. The molecule has 1 atom stereocenters. The first-order valence-corrected chi connectivity index (χ1v) is 18.1. The molecule has 1 unspecified atom stereocenters. The number of furan rings is 1. The smallest absolute Gasteiger partial charge is 0.137 e. The van der Waals surface area contributed by atoms with Crippen LogP contribution < -0.4 is 4.90 Å². The summed E-state index contributed by atoms with van der Waals surface area (Å²) in [7, 11) is 0. The van der Waals surface area contributed by atoms with E-state index in [4.69, 9.17) is 4.42 Å². The molecule has 0 fully saturated rings. The van der Waals surface area contributed by atoms with Crippen LogP contribution in [0.5, 0.6) is 0 Å². The number of rotatable bonds is 6. The summed E-state index contributed by atoms with van der Waals surface area (Å²) in [6.07, 6.45) is 5.52. The minimum Gasteiger partial charge on any atom is -0.460 e. The van der Waals surface area contributed by atoms with Gasteiger partial charge in [0, 0.05) is 39.3 Å². The molecule has 0 saturated carbocycles. The van der Waals surface area contributed by atoms with Crippen molar-refractivity contribution in [1.82, 2.24) is 4.57 Å². The number of allylic oxidation sites excluding steroid dienone is 1. The van der Waals surface area contributed by atoms with Gasteiger partial charge in [-0.05, 0) is 95.4 Å². The van der Waals surface area contributed by atoms with Crippen molar-refractivity contribution in [3.05, 3.63) is 187 Å². The largest absolute Gasteiger partial charge is 0.460 e. The van der Waals surface area contributed by atoms with Crippen LogP contribution in [0.15, 0.2) is 180 Å². The molecule has 2 heterocycles. The molecule has 9 aromatic rings. The third kappa shape index (κ3) is 4.97. The highest BCUT2D eigenvalue weighted by Crippen LogP contribution is 2.47. The normalized spacial score (nSPS) is 13.9. The molecule has 0 aliphatic heterocycles. The van der Waals surface area contributed by atoms with Crippen molar-refractivity contribution in [3.8, 4) is 27.9 Å². The van der Waals surface area contributed by atoms with Gasteiger partial charge >= 0.3 is 0 Å². The predicted octanol–water partition coefficient (Wildman–Crippen LogP) is 13.9. The SMILES string of the molecule is CC1CC=Cc2c1oc1cccc(N(c3cccc(-c4ccccc4)c3)c3ccc4c(c3)c3cc(-c5ccccc5)ccc3n4-c3ccccc3)c21. The lowest BCUT2D eigenvalue weighted by Gasteiger charge is -2.27. The van der Waals surface area contributed by atoms with Gasteiger partial charge in [0.05, 0.1) is 22.1 Å². The van der Waals surface area contributed by atoms with Crippen LogP contribution in [0.1, 0.15) is 30.6 Å². The minimum atomic E-state index is 0.328. The molecular weight excluding hydrogens is 633 g/mol. The quantitative estimate of drug-likeness (QED) is 0.176. The second-order valence-electron chi connectivity index (χ2n) is 13.8. The van der Waals surface area contributed by atoms with Gasteiger partial charge in [-0.25, -0.2) is 0 Å². The van der Waals surface area contributed by atoms with Crippen LogP contribution in [-0.4, -0.2) is 4.57 Å². The van der Waals surface area contributed by atoms with E-state index >= 15 is 0 Å². The van der Waals surface area contributed by atoms with Crippen LogP contribution in [0.4, 0.5) is 17.1 Å². The average molecular weight is 669 g/mol. The van der Waals surface area contributed by atoms with Crippen LogP contribution in [0.25, 0.3) is 66.8 Å². The first-order chi connectivity index (χ1) is 25.7. The van der Waals surface area contributed by atoms with Crippen molar-refractivity contribution >= 4 is 55.9 Å². The van der Waals surface area contributed by atoms with E-state index in [1.165, 1.54) is 49.6 Å². The Morgan fingerprint density at radius 3 is 1.92 bits per heavy atom. The number of aromatic nitrogens is 1. The van der Waals surface area contributed by atoms with E-state index in [-0.39, 0.29) is 0 Å². The molecule has 10 rings (SSSR count). The van der Waals surface area contributed by atoms with E-state index in [0.29, 0.717) is 5.92 Å². The number of para-hydroxylation sites is 1. The van der Waals surface area contributed by atoms with Gasteiger partial charge in [-0.1, -0.05) is 122 Å². The van der Waals surface area contributed by atoms with E-state index in [1.54, 1.807) is 0 Å². The van der Waals surface area contributed by atoms with E-state index in [1.807, 2.05) is 0 Å². The second-order valence-corrected chi connectivity index (χ2v) is 13.8. The molecular formula is C49H36N2O. The Kier molecular flexibility index (Phi) is 7.17. The molecule has 1 aliphatic carbocycles. The molecule has 1 aliphatic rings. The molecule has 3 heteroatoms. The number of nitrogens with zero attached hydrogens (tertiary/aromatic N) is 2. The fourth-order valence-electron chi connectivity index (χ4n) is 8.09. The third-order valence-electron chi connectivity index (χ3n) is 10.6. The zero-order valence-electron chi connectivity index (χ0n) is 28.9. The zero-order valence-corrected chi connectivity index (χ0v) is 28.9. The highest BCUT2D eigenvalue weighted by atomic mass is 16.3. The van der Waals surface area contributed by atoms with Gasteiger partial charge in [0.15, 0.2) is 0 Å². The fourth-order valence-corrected chi connectivity index (χ4v) is 8.09. The Morgan fingerprint density at radius 1 is 0.558 bits per heavy atom. The molecule has 2 aromatic heterocycles. The van der Waals surface area contributed by atoms with E-state index in [0.717, 1.165) is 45.9 Å². The fraction of sp³-hybridized carbons (Fsp3) is 0.0612. The average Bonchev–Trinajstić information content (AvgIpc) is 3.76. The maximum atomic E-state index is 6.61. The first-order valence-electron chi connectivity index (χ1n) is 18.1. The highest BCUT2D eigenvalue weighted by Gasteiger charge is 2.26. The van der Waals surface area contributed by atoms with Crippen LogP contribution in [0.3, 0.4) is 0 Å². The predicted molar refractivity (Wildman–Crippen MR) is 218 cm³/mol. The molecule has 0 spiro atoms. The monoisotopic (exact) mass is 668 g/mol. The van der Waals surface area contributed by atoms with E-state index in [9.17, 15) is 0 Å². The molecule has 0 amide bonds. The Labute approximate surface area is 303 Å². The summed E-state index contributed by atoms with van der Waals surface area (Å²) in [5.41, 5.74) is 13.6. The summed E-state index contributed by atoms with van der Waals surface area (Å²) in [6, 6.07) is 61.2. The lowest BCUT2D eigenvalue weighted by molar-refractivity contribution is 0.504. The number of hydrogen-bond donors (Lipinski definition) is 0. The minimum absolute atomic E-state index is 0.328. The van der Waals surface area contributed by atoms with Crippen LogP contribution in [0, 0.1) is 0 Å². The van der Waals surface area contributed by atoms with Crippen molar-refractivity contribution in [3.63, 3.8) is 0 Å². The van der Waals surface area contributed by atoms with Gasteiger partial charge in [-0.3, -0.25) is 0 Å². The van der Waals surface area contributed by atoms with Crippen LogP contribution in [-0.2, 0) is 0 Å². The number of hydrogen-bond acceptors (Lipinski definition) is 2. The Balaban J connectivity index is 1.25. The van der Waals surface area contributed by atoms with Gasteiger partial charge in [-0.2, -0.15) is 0 Å². The summed E-state index contributed by atoms with van der Waals surface area (Å²) in [6.45, 7) is 2.26. The van der Waals surface area contributed by atoms with Gasteiger partial charge in [0.1, 0.15) is 11.3 Å². The first kappa shape index (κ1) is 30.3. The van der Waals surface area contributed by atoms with E-state index < -0.39 is 0 Å². The van der Waals surface area contributed by atoms with Gasteiger partial charge < -0.3 is 13.9 Å². The van der Waals surface area contributed by atoms with Crippen LogP contribution in [0.2, 0.25) is 0 Å². The van der Waals surface area contributed by atoms with E-state index in [2.05, 4.69) is 198 Å². The van der Waals surface area contributed by atoms with Crippen molar-refractivity contribution < 1.29 is 4.42 Å². The molecule has 0 saturated heterocycles. The van der Waals surface area contributed by atoms with Crippen molar-refractivity contribution in [2.24, 2.45) is 0 Å². The van der Waals surface area contributed by atoms with Crippen molar-refractivity contribution in [1.29, 1.82) is 0 Å². The Bertz CT molecular complexity index is 2770. The van der Waals surface area contributed by atoms with Gasteiger partial charge in [0.25, 0.3) is 0 Å². The topological polar surface area (TPSA) is 21.3 Å². The summed E-state index contributed by atoms with van der Waals surface area (Å²) in [5, 5.41) is 3.56. The maximum Gasteiger partial charge on any atom is 0.137 e. The van der Waals surface area contributed by atoms with Crippen molar-refractivity contribution in [2.45, 2.75) is 19.3 Å². The molecule has 0 bridgehead atoms. The summed E-state index contributed by atoms with van der Waals surface area (Å²) in [5.74, 6) is 1.40. The summed E-state index contributed by atoms with van der Waals surface area (Å²) in [4.78, 5) is 2.42. The lowest BCUT2D eigenvalue weighted by Crippen LogP contribution is -2.11. The number of anilines is 3. The zero-order chi connectivity index (χ0) is 34.6. The van der Waals surface area contributed by atoms with Gasteiger partial charge in [0.2, 0.25) is 0 Å². The molecule has 248 valence electrons. The summed E-state index contributed by atoms with van der Waals surface area (Å²) >= 11 is 0. The molecule has 52 heavy (non-hydrogen) atoms.